The number of hydrogen-bond acceptors (Lipinski definition) is 4. The highest BCUT2D eigenvalue weighted by Crippen LogP contribution is 2.33. The maximum atomic E-state index is 6.22. The minimum Gasteiger partial charge on any atom is -0.378 e. The fraction of sp³-hybridized carbons (Fsp3) is 1.00. The third-order valence-corrected chi connectivity index (χ3v) is 5.78. The maximum Gasteiger partial charge on any atom is 0.0616 e. The molecule has 0 aromatic carbocycles. The standard InChI is InChI=1S/C17H35N3O/c1-14(2)16-11-17(13-18,7-10-21-16)20(4)12-15-5-8-19(3)9-6-15/h14-16H,5-13,18H2,1-4H3. The third kappa shape index (κ3) is 4.19. The number of nitrogens with two attached hydrogens (primary N) is 1. The summed E-state index contributed by atoms with van der Waals surface area (Å²) in [5.74, 6) is 1.41. The molecule has 2 aliphatic heterocycles. The lowest BCUT2D eigenvalue weighted by Gasteiger charge is -2.48. The molecule has 2 atom stereocenters. The first-order valence-corrected chi connectivity index (χ1v) is 8.68. The maximum absolute atomic E-state index is 6.22. The van der Waals surface area contributed by atoms with Crippen LogP contribution in [0.4, 0.5) is 0 Å². The summed E-state index contributed by atoms with van der Waals surface area (Å²) in [6.07, 6.45) is 5.18. The normalized spacial score (nSPS) is 33.0. The van der Waals surface area contributed by atoms with Crippen LogP contribution >= 0.6 is 0 Å². The van der Waals surface area contributed by atoms with Crippen molar-refractivity contribution in [2.45, 2.75) is 51.2 Å². The molecule has 0 aromatic heterocycles. The van der Waals surface area contributed by atoms with E-state index in [0.717, 1.165) is 31.9 Å². The van der Waals surface area contributed by atoms with Crippen molar-refractivity contribution in [2.75, 3.05) is 46.9 Å². The summed E-state index contributed by atoms with van der Waals surface area (Å²) in [7, 11) is 4.51. The monoisotopic (exact) mass is 297 g/mol. The van der Waals surface area contributed by atoms with Crippen molar-refractivity contribution in [3.63, 3.8) is 0 Å². The van der Waals surface area contributed by atoms with Crippen molar-refractivity contribution in [1.29, 1.82) is 0 Å². The van der Waals surface area contributed by atoms with E-state index in [1.54, 1.807) is 0 Å². The zero-order valence-electron chi connectivity index (χ0n) is 14.5. The SMILES string of the molecule is CC(C)C1CC(CN)(N(C)CC2CCN(C)CC2)CCO1. The third-order valence-electron chi connectivity index (χ3n) is 5.78. The highest BCUT2D eigenvalue weighted by Gasteiger charge is 2.40. The summed E-state index contributed by atoms with van der Waals surface area (Å²) < 4.78 is 5.96. The Morgan fingerprint density at radius 3 is 2.57 bits per heavy atom. The second-order valence-corrected chi connectivity index (χ2v) is 7.66. The molecule has 124 valence electrons. The Balaban J connectivity index is 1.95. The van der Waals surface area contributed by atoms with E-state index in [1.807, 2.05) is 0 Å². The molecule has 2 aliphatic rings. The lowest BCUT2D eigenvalue weighted by Crippen LogP contribution is -2.59. The van der Waals surface area contributed by atoms with Gasteiger partial charge in [-0.2, -0.15) is 0 Å². The van der Waals surface area contributed by atoms with Gasteiger partial charge in [0.05, 0.1) is 6.10 Å². The molecule has 0 saturated carbocycles. The average molecular weight is 297 g/mol. The molecule has 0 spiro atoms. The van der Waals surface area contributed by atoms with Gasteiger partial charge in [0.1, 0.15) is 0 Å². The fourth-order valence-corrected chi connectivity index (χ4v) is 3.88. The number of nitrogens with zero attached hydrogens (tertiary/aromatic N) is 2. The Hall–Kier alpha value is -0.160. The second-order valence-electron chi connectivity index (χ2n) is 7.66. The van der Waals surface area contributed by atoms with Gasteiger partial charge in [0.25, 0.3) is 0 Å². The Labute approximate surface area is 131 Å². The molecule has 0 radical (unpaired) electrons. The average Bonchev–Trinajstić information content (AvgIpc) is 2.49. The minimum absolute atomic E-state index is 0.149. The molecule has 0 aliphatic carbocycles. The number of hydrogen-bond donors (Lipinski definition) is 1. The van der Waals surface area contributed by atoms with E-state index < -0.39 is 0 Å². The minimum atomic E-state index is 0.149. The van der Waals surface area contributed by atoms with Gasteiger partial charge in [-0.15, -0.1) is 0 Å². The lowest BCUT2D eigenvalue weighted by atomic mass is 9.81. The fourth-order valence-electron chi connectivity index (χ4n) is 3.88. The molecular weight excluding hydrogens is 262 g/mol. The van der Waals surface area contributed by atoms with Gasteiger partial charge in [-0.25, -0.2) is 0 Å². The van der Waals surface area contributed by atoms with Gasteiger partial charge < -0.3 is 15.4 Å². The van der Waals surface area contributed by atoms with Gasteiger partial charge in [-0.1, -0.05) is 13.8 Å². The molecule has 0 bridgehead atoms. The molecule has 4 nitrogen and oxygen atoms in total. The number of piperidine rings is 1. The van der Waals surface area contributed by atoms with E-state index >= 15 is 0 Å². The van der Waals surface area contributed by atoms with E-state index in [0.29, 0.717) is 12.0 Å². The van der Waals surface area contributed by atoms with Gasteiger partial charge in [0.15, 0.2) is 0 Å². The molecular formula is C17H35N3O. The molecule has 0 aromatic rings. The molecule has 2 unspecified atom stereocenters. The summed E-state index contributed by atoms with van der Waals surface area (Å²) in [6.45, 7) is 9.80. The highest BCUT2D eigenvalue weighted by molar-refractivity contribution is 4.96. The van der Waals surface area contributed by atoms with Crippen molar-refractivity contribution in [3.8, 4) is 0 Å². The van der Waals surface area contributed by atoms with Gasteiger partial charge in [0, 0.05) is 25.2 Å². The largest absolute Gasteiger partial charge is 0.378 e. The van der Waals surface area contributed by atoms with E-state index in [1.165, 1.54) is 32.5 Å². The van der Waals surface area contributed by atoms with Gasteiger partial charge >= 0.3 is 0 Å². The first-order chi connectivity index (χ1) is 9.97. The van der Waals surface area contributed by atoms with E-state index in [-0.39, 0.29) is 5.54 Å². The summed E-state index contributed by atoms with van der Waals surface area (Å²) in [6, 6.07) is 0. The molecule has 4 heteroatoms. The Morgan fingerprint density at radius 1 is 1.33 bits per heavy atom. The van der Waals surface area contributed by atoms with Crippen LogP contribution in [0, 0.1) is 11.8 Å². The summed E-state index contributed by atoms with van der Waals surface area (Å²) in [4.78, 5) is 5.01. The molecule has 2 fully saturated rings. The number of likely N-dealkylation sites (N-methyl/N-ethyl adjacent to an activating group) is 1. The predicted octanol–water partition coefficient (Wildman–Crippen LogP) is 1.79. The van der Waals surface area contributed by atoms with Gasteiger partial charge in [-0.05, 0) is 64.7 Å². The lowest BCUT2D eigenvalue weighted by molar-refractivity contribution is -0.0851. The molecule has 21 heavy (non-hydrogen) atoms. The van der Waals surface area contributed by atoms with Crippen LogP contribution in [0.15, 0.2) is 0 Å². The van der Waals surface area contributed by atoms with E-state index in [4.69, 9.17) is 10.5 Å². The molecule has 0 amide bonds. The quantitative estimate of drug-likeness (QED) is 0.840. The van der Waals surface area contributed by atoms with Crippen molar-refractivity contribution < 1.29 is 4.74 Å². The van der Waals surface area contributed by atoms with E-state index in [9.17, 15) is 0 Å². The predicted molar refractivity (Wildman–Crippen MR) is 88.4 cm³/mol. The van der Waals surface area contributed by atoms with Gasteiger partial charge in [-0.3, -0.25) is 4.90 Å². The molecule has 2 saturated heterocycles. The Kier molecular flexibility index (Phi) is 6.06. The zero-order chi connectivity index (χ0) is 15.5. The number of likely N-dealkylation sites (tertiary alicyclic amines) is 1. The molecule has 2 N–H and O–H groups in total. The summed E-state index contributed by atoms with van der Waals surface area (Å²) >= 11 is 0. The summed E-state index contributed by atoms with van der Waals surface area (Å²) in [5.41, 5.74) is 6.37. The van der Waals surface area contributed by atoms with Crippen LogP contribution in [-0.4, -0.2) is 68.3 Å². The van der Waals surface area contributed by atoms with Crippen LogP contribution in [0.2, 0.25) is 0 Å². The van der Waals surface area contributed by atoms with Crippen molar-refractivity contribution in [2.24, 2.45) is 17.6 Å². The van der Waals surface area contributed by atoms with Gasteiger partial charge in [0.2, 0.25) is 0 Å². The van der Waals surface area contributed by atoms with Crippen LogP contribution in [-0.2, 0) is 4.74 Å². The van der Waals surface area contributed by atoms with Crippen LogP contribution in [0.5, 0.6) is 0 Å². The molecule has 2 heterocycles. The van der Waals surface area contributed by atoms with Crippen molar-refractivity contribution in [3.05, 3.63) is 0 Å². The second kappa shape index (κ2) is 7.40. The summed E-state index contributed by atoms with van der Waals surface area (Å²) in [5, 5.41) is 0. The van der Waals surface area contributed by atoms with Crippen LogP contribution in [0.3, 0.4) is 0 Å². The number of rotatable bonds is 5. The highest BCUT2D eigenvalue weighted by atomic mass is 16.5. The van der Waals surface area contributed by atoms with Crippen molar-refractivity contribution >= 4 is 0 Å². The first-order valence-electron chi connectivity index (χ1n) is 8.68. The Bertz CT molecular complexity index is 315. The topological polar surface area (TPSA) is 41.7 Å². The van der Waals surface area contributed by atoms with Crippen molar-refractivity contribution in [1.82, 2.24) is 9.80 Å². The molecule has 2 rings (SSSR count). The Morgan fingerprint density at radius 2 is 2.00 bits per heavy atom. The van der Waals surface area contributed by atoms with Crippen LogP contribution < -0.4 is 5.73 Å². The zero-order valence-corrected chi connectivity index (χ0v) is 14.5. The number of ether oxygens (including phenoxy) is 1. The van der Waals surface area contributed by atoms with E-state index in [2.05, 4.69) is 37.7 Å². The van der Waals surface area contributed by atoms with Crippen LogP contribution in [0.1, 0.15) is 39.5 Å². The first kappa shape index (κ1) is 17.2. The smallest absolute Gasteiger partial charge is 0.0616 e. The van der Waals surface area contributed by atoms with Crippen LogP contribution in [0.25, 0.3) is 0 Å².